The van der Waals surface area contributed by atoms with Crippen molar-refractivity contribution in [1.29, 1.82) is 0 Å². The Morgan fingerprint density at radius 1 is 0.516 bits per heavy atom. The zero-order valence-electron chi connectivity index (χ0n) is 43.6. The van der Waals surface area contributed by atoms with E-state index in [1.54, 1.807) is 0 Å². The second-order valence-corrected chi connectivity index (χ2v) is 22.1. The van der Waals surface area contributed by atoms with E-state index in [9.17, 15) is 19.4 Å². The van der Waals surface area contributed by atoms with Gasteiger partial charge >= 0.3 is 7.82 Å². The Morgan fingerprint density at radius 2 is 0.844 bits per heavy atom. The van der Waals surface area contributed by atoms with Crippen molar-refractivity contribution in [2.24, 2.45) is 0 Å². The summed E-state index contributed by atoms with van der Waals surface area (Å²) in [4.78, 5) is 23.2. The van der Waals surface area contributed by atoms with Crippen molar-refractivity contribution in [2.45, 2.75) is 296 Å². The third-order valence-electron chi connectivity index (χ3n) is 13.0. The number of aliphatic hydroxyl groups is 1. The first kappa shape index (κ1) is 63.2. The number of aliphatic hydroxyl groups excluding tert-OH is 1. The van der Waals surface area contributed by atoms with E-state index in [4.69, 9.17) is 9.05 Å². The van der Waals surface area contributed by atoms with Crippen molar-refractivity contribution in [3.63, 3.8) is 0 Å². The van der Waals surface area contributed by atoms with Crippen LogP contribution in [0.3, 0.4) is 0 Å². The molecule has 0 aromatic rings. The summed E-state index contributed by atoms with van der Waals surface area (Å²) in [5.74, 6) is -0.141. The van der Waals surface area contributed by atoms with Crippen LogP contribution in [0.1, 0.15) is 284 Å². The molecule has 0 rings (SSSR count). The molecule has 382 valence electrons. The summed E-state index contributed by atoms with van der Waals surface area (Å²) < 4.78 is 23.7. The smallest absolute Gasteiger partial charge is 0.391 e. The molecule has 0 radical (unpaired) electrons. The second-order valence-electron chi connectivity index (χ2n) is 20.7. The van der Waals surface area contributed by atoms with Crippen LogP contribution in [0.15, 0.2) is 12.2 Å². The summed E-state index contributed by atoms with van der Waals surface area (Å²) in [6, 6.07) is -0.755. The molecule has 8 nitrogen and oxygen atoms in total. The van der Waals surface area contributed by atoms with E-state index in [2.05, 4.69) is 31.3 Å². The van der Waals surface area contributed by atoms with Crippen LogP contribution in [0.5, 0.6) is 0 Å². The number of nitrogens with zero attached hydrogens (tertiary/aromatic N) is 1. The third kappa shape index (κ3) is 49.2. The number of carbonyl (C=O) groups is 1. The van der Waals surface area contributed by atoms with Gasteiger partial charge in [0.1, 0.15) is 13.2 Å². The van der Waals surface area contributed by atoms with Crippen LogP contribution < -0.4 is 5.32 Å². The predicted octanol–water partition coefficient (Wildman–Crippen LogP) is 16.7. The largest absolute Gasteiger partial charge is 0.472 e. The van der Waals surface area contributed by atoms with Crippen LogP contribution in [0.4, 0.5) is 0 Å². The SMILES string of the molecule is CCCCCCCCCCCCCC/C=C\CCCCCCCCCCCCCCCCCCC(=O)NC(COP(=O)(O)OCC[N+](C)(C)C)C(O)CCCCCCCCCCCC. The van der Waals surface area contributed by atoms with Crippen LogP contribution in [-0.2, 0) is 18.4 Å². The molecule has 3 atom stereocenters. The molecule has 0 fully saturated rings. The first-order valence-electron chi connectivity index (χ1n) is 28.1. The topological polar surface area (TPSA) is 105 Å². The molecule has 0 spiro atoms. The van der Waals surface area contributed by atoms with Gasteiger partial charge in [-0.3, -0.25) is 13.8 Å². The summed E-state index contributed by atoms with van der Waals surface area (Å²) in [5, 5.41) is 14.0. The van der Waals surface area contributed by atoms with Gasteiger partial charge in [0.05, 0.1) is 39.9 Å². The molecule has 1 amide bonds. The zero-order chi connectivity index (χ0) is 47.1. The number of rotatable bonds is 52. The molecule has 0 saturated heterocycles. The quantitative estimate of drug-likeness (QED) is 0.0243. The van der Waals surface area contributed by atoms with Gasteiger partial charge in [-0.2, -0.15) is 0 Å². The van der Waals surface area contributed by atoms with E-state index in [0.29, 0.717) is 23.9 Å². The van der Waals surface area contributed by atoms with Crippen molar-refractivity contribution < 1.29 is 32.9 Å². The number of phosphoric ester groups is 1. The molecular formula is C55H112N2O6P+. The maximum atomic E-state index is 12.9. The number of allylic oxidation sites excluding steroid dienone is 2. The van der Waals surface area contributed by atoms with Gasteiger partial charge < -0.3 is 19.8 Å². The Kier molecular flexibility index (Phi) is 46.8. The summed E-state index contributed by atoms with van der Waals surface area (Å²) in [6.07, 6.45) is 57.2. The normalized spacial score (nSPS) is 14.0. The van der Waals surface area contributed by atoms with Crippen LogP contribution in [0.2, 0.25) is 0 Å². The third-order valence-corrected chi connectivity index (χ3v) is 14.0. The van der Waals surface area contributed by atoms with Gasteiger partial charge in [0.2, 0.25) is 5.91 Å². The summed E-state index contributed by atoms with van der Waals surface area (Å²) >= 11 is 0. The number of nitrogens with one attached hydrogen (secondary N) is 1. The molecule has 0 saturated carbocycles. The lowest BCUT2D eigenvalue weighted by molar-refractivity contribution is -0.870. The van der Waals surface area contributed by atoms with E-state index in [-0.39, 0.29) is 19.1 Å². The lowest BCUT2D eigenvalue weighted by atomic mass is 10.0. The Bertz CT molecular complexity index is 1050. The van der Waals surface area contributed by atoms with Gasteiger partial charge in [-0.15, -0.1) is 0 Å². The van der Waals surface area contributed by atoms with E-state index in [1.807, 2.05) is 21.1 Å². The maximum Gasteiger partial charge on any atom is 0.472 e. The first-order chi connectivity index (χ1) is 31.0. The lowest BCUT2D eigenvalue weighted by Gasteiger charge is -2.26. The van der Waals surface area contributed by atoms with Crippen LogP contribution in [0, 0.1) is 0 Å². The summed E-state index contributed by atoms with van der Waals surface area (Å²) in [5.41, 5.74) is 0. The van der Waals surface area contributed by atoms with Crippen molar-refractivity contribution in [2.75, 3.05) is 40.9 Å². The molecule has 0 aliphatic carbocycles. The van der Waals surface area contributed by atoms with Gasteiger partial charge in [-0.25, -0.2) is 4.57 Å². The average molecular weight is 928 g/mol. The number of hydrogen-bond acceptors (Lipinski definition) is 5. The monoisotopic (exact) mass is 928 g/mol. The predicted molar refractivity (Wildman–Crippen MR) is 277 cm³/mol. The van der Waals surface area contributed by atoms with Gasteiger partial charge in [-0.05, 0) is 38.5 Å². The van der Waals surface area contributed by atoms with Crippen LogP contribution in [0.25, 0.3) is 0 Å². The first-order valence-corrected chi connectivity index (χ1v) is 29.5. The van der Waals surface area contributed by atoms with Gasteiger partial charge in [0.25, 0.3) is 0 Å². The molecule has 3 N–H and O–H groups in total. The minimum Gasteiger partial charge on any atom is -0.391 e. The van der Waals surface area contributed by atoms with Crippen LogP contribution in [-0.4, -0.2) is 73.4 Å². The number of hydrogen-bond donors (Lipinski definition) is 3. The molecule has 9 heteroatoms. The van der Waals surface area contributed by atoms with Crippen LogP contribution >= 0.6 is 7.82 Å². The molecule has 0 aliphatic rings. The lowest BCUT2D eigenvalue weighted by Crippen LogP contribution is -2.46. The van der Waals surface area contributed by atoms with Gasteiger partial charge in [0.15, 0.2) is 0 Å². The fraction of sp³-hybridized carbons (Fsp3) is 0.945. The number of likely N-dealkylation sites (N-methyl/N-ethyl adjacent to an activating group) is 1. The second kappa shape index (κ2) is 47.3. The van der Waals surface area contributed by atoms with E-state index in [0.717, 1.165) is 38.5 Å². The van der Waals surface area contributed by atoms with E-state index >= 15 is 0 Å². The van der Waals surface area contributed by atoms with Crippen molar-refractivity contribution in [3.05, 3.63) is 12.2 Å². The minimum atomic E-state index is -4.31. The Morgan fingerprint density at radius 3 is 1.20 bits per heavy atom. The molecular weight excluding hydrogens is 816 g/mol. The minimum absolute atomic E-state index is 0.0772. The highest BCUT2D eigenvalue weighted by Crippen LogP contribution is 2.43. The number of unbranched alkanes of at least 4 members (excludes halogenated alkanes) is 37. The Balaban J connectivity index is 3.91. The number of carbonyl (C=O) groups excluding carboxylic acids is 1. The molecule has 64 heavy (non-hydrogen) atoms. The molecule has 0 aromatic carbocycles. The number of phosphoric acid groups is 1. The van der Waals surface area contributed by atoms with Crippen molar-refractivity contribution in [1.82, 2.24) is 5.32 Å². The van der Waals surface area contributed by atoms with Gasteiger partial charge in [-0.1, -0.05) is 251 Å². The number of quaternary nitrogens is 1. The summed E-state index contributed by atoms with van der Waals surface area (Å²) in [7, 11) is 1.63. The highest BCUT2D eigenvalue weighted by Gasteiger charge is 2.28. The van der Waals surface area contributed by atoms with E-state index in [1.165, 1.54) is 218 Å². The Hall–Kier alpha value is -0.760. The molecule has 0 aliphatic heterocycles. The average Bonchev–Trinajstić information content (AvgIpc) is 3.25. The maximum absolute atomic E-state index is 12.9. The molecule has 0 heterocycles. The van der Waals surface area contributed by atoms with Crippen molar-refractivity contribution in [3.8, 4) is 0 Å². The zero-order valence-corrected chi connectivity index (χ0v) is 44.4. The Labute approximate surface area is 399 Å². The fourth-order valence-corrected chi connectivity index (χ4v) is 9.31. The molecule has 0 bridgehead atoms. The standard InChI is InChI=1S/C55H111N2O6P/c1-6-8-10-12-14-16-18-19-20-21-22-23-24-25-26-27-28-29-30-31-32-33-34-35-36-37-38-39-41-43-45-47-49-55(59)56-53(52-63-64(60,61)62-51-50-57(3,4)5)54(58)48-46-44-42-40-17-15-13-11-9-7-2/h25-26,53-54,58H,6-24,27-52H2,1-5H3,(H-,56,59,60,61)/p+1/b26-25-. The molecule has 3 unspecified atom stereocenters. The number of amides is 1. The van der Waals surface area contributed by atoms with Gasteiger partial charge in [0, 0.05) is 6.42 Å². The summed E-state index contributed by atoms with van der Waals surface area (Å²) in [6.45, 7) is 4.90. The molecule has 0 aromatic heterocycles. The highest BCUT2D eigenvalue weighted by atomic mass is 31.2. The van der Waals surface area contributed by atoms with E-state index < -0.39 is 20.0 Å². The fourth-order valence-electron chi connectivity index (χ4n) is 8.57. The van der Waals surface area contributed by atoms with Crippen molar-refractivity contribution >= 4 is 13.7 Å². The highest BCUT2D eigenvalue weighted by molar-refractivity contribution is 7.47.